The Morgan fingerprint density at radius 2 is 2.00 bits per heavy atom. The molecule has 0 atom stereocenters. The van der Waals surface area contributed by atoms with E-state index in [2.05, 4.69) is 10.4 Å². The molecule has 0 amide bonds. The summed E-state index contributed by atoms with van der Waals surface area (Å²) in [7, 11) is 3.08. The van der Waals surface area contributed by atoms with E-state index in [0.29, 0.717) is 18.8 Å². The van der Waals surface area contributed by atoms with Crippen LogP contribution in [-0.4, -0.2) is 16.9 Å². The van der Waals surface area contributed by atoms with E-state index < -0.39 is 11.9 Å². The highest BCUT2D eigenvalue weighted by atomic mass is 19.4. The van der Waals surface area contributed by atoms with Crippen LogP contribution in [-0.2, 0) is 26.3 Å². The Balaban J connectivity index is 1.96. The van der Waals surface area contributed by atoms with E-state index >= 15 is 0 Å². The lowest BCUT2D eigenvalue weighted by Gasteiger charge is -2.06. The molecular formula is C14H16F3N3O. The number of methoxy groups -OCH3 is 1. The van der Waals surface area contributed by atoms with E-state index in [9.17, 15) is 13.2 Å². The number of aromatic nitrogens is 2. The summed E-state index contributed by atoms with van der Waals surface area (Å²) >= 11 is 0. The lowest BCUT2D eigenvalue weighted by molar-refractivity contribution is -0.141. The van der Waals surface area contributed by atoms with E-state index in [1.54, 1.807) is 7.11 Å². The SMILES string of the molecule is COc1cccc(CNCc2cc(C(F)(F)F)nn2C)c1. The lowest BCUT2D eigenvalue weighted by atomic mass is 10.2. The first-order valence-corrected chi connectivity index (χ1v) is 6.34. The van der Waals surface area contributed by atoms with E-state index in [1.807, 2.05) is 24.3 Å². The number of rotatable bonds is 5. The van der Waals surface area contributed by atoms with Gasteiger partial charge in [-0.1, -0.05) is 12.1 Å². The molecule has 0 saturated carbocycles. The standard InChI is InChI=1S/C14H16F3N3O/c1-20-11(7-13(19-20)14(15,16)17)9-18-8-10-4-3-5-12(6-10)21-2/h3-7,18H,8-9H2,1-2H3. The molecule has 1 heterocycles. The molecule has 0 radical (unpaired) electrons. The first kappa shape index (κ1) is 15.4. The predicted molar refractivity (Wildman–Crippen MR) is 71.7 cm³/mol. The second kappa shape index (κ2) is 6.17. The first-order valence-electron chi connectivity index (χ1n) is 6.34. The Morgan fingerprint density at radius 3 is 2.62 bits per heavy atom. The molecule has 0 unspecified atom stereocenters. The zero-order valence-electron chi connectivity index (χ0n) is 11.7. The number of halogens is 3. The Labute approximate surface area is 120 Å². The summed E-state index contributed by atoms with van der Waals surface area (Å²) in [5.41, 5.74) is 0.598. The van der Waals surface area contributed by atoms with Crippen LogP contribution >= 0.6 is 0 Å². The summed E-state index contributed by atoms with van der Waals surface area (Å²) in [6.07, 6.45) is -4.41. The molecule has 7 heteroatoms. The zero-order valence-corrected chi connectivity index (χ0v) is 11.7. The number of nitrogens with zero attached hydrogens (tertiary/aromatic N) is 2. The minimum Gasteiger partial charge on any atom is -0.497 e. The predicted octanol–water partition coefficient (Wildman–Crippen LogP) is 2.74. The van der Waals surface area contributed by atoms with Crippen LogP contribution < -0.4 is 10.1 Å². The van der Waals surface area contributed by atoms with Gasteiger partial charge in [0.1, 0.15) is 5.75 Å². The minimum absolute atomic E-state index is 0.302. The lowest BCUT2D eigenvalue weighted by Crippen LogP contribution is -2.15. The van der Waals surface area contributed by atoms with Crippen molar-refractivity contribution in [1.29, 1.82) is 0 Å². The van der Waals surface area contributed by atoms with Crippen LogP contribution in [0.1, 0.15) is 17.0 Å². The van der Waals surface area contributed by atoms with Crippen LogP contribution in [0.15, 0.2) is 30.3 Å². The topological polar surface area (TPSA) is 39.1 Å². The van der Waals surface area contributed by atoms with Crippen molar-refractivity contribution in [2.24, 2.45) is 7.05 Å². The van der Waals surface area contributed by atoms with Crippen LogP contribution in [0.4, 0.5) is 13.2 Å². The summed E-state index contributed by atoms with van der Waals surface area (Å²) in [6.45, 7) is 0.834. The van der Waals surface area contributed by atoms with E-state index in [1.165, 1.54) is 11.7 Å². The Morgan fingerprint density at radius 1 is 1.24 bits per heavy atom. The Kier molecular flexibility index (Phi) is 4.52. The number of benzene rings is 1. The number of hydrogen-bond acceptors (Lipinski definition) is 3. The summed E-state index contributed by atoms with van der Waals surface area (Å²) in [5, 5.41) is 6.56. The van der Waals surface area contributed by atoms with Gasteiger partial charge in [0.05, 0.1) is 12.8 Å². The molecule has 21 heavy (non-hydrogen) atoms. The average Bonchev–Trinajstić information content (AvgIpc) is 2.81. The third kappa shape index (κ3) is 3.98. The van der Waals surface area contributed by atoms with Crippen molar-refractivity contribution in [2.45, 2.75) is 19.3 Å². The van der Waals surface area contributed by atoms with Gasteiger partial charge in [-0.15, -0.1) is 0 Å². The highest BCUT2D eigenvalue weighted by molar-refractivity contribution is 5.28. The number of hydrogen-bond donors (Lipinski definition) is 1. The van der Waals surface area contributed by atoms with Crippen molar-refractivity contribution >= 4 is 0 Å². The molecule has 0 bridgehead atoms. The zero-order chi connectivity index (χ0) is 15.5. The number of alkyl halides is 3. The van der Waals surface area contributed by atoms with Gasteiger partial charge in [0, 0.05) is 20.1 Å². The number of ether oxygens (including phenoxy) is 1. The third-order valence-corrected chi connectivity index (χ3v) is 3.04. The molecule has 4 nitrogen and oxygen atoms in total. The van der Waals surface area contributed by atoms with E-state index in [0.717, 1.165) is 17.4 Å². The normalized spacial score (nSPS) is 11.7. The maximum Gasteiger partial charge on any atom is 0.435 e. The van der Waals surface area contributed by atoms with E-state index in [4.69, 9.17) is 4.74 Å². The van der Waals surface area contributed by atoms with Crippen molar-refractivity contribution < 1.29 is 17.9 Å². The molecule has 1 aromatic heterocycles. The van der Waals surface area contributed by atoms with Crippen molar-refractivity contribution in [2.75, 3.05) is 7.11 Å². The Hall–Kier alpha value is -2.02. The molecule has 0 saturated heterocycles. The van der Waals surface area contributed by atoms with Crippen LogP contribution in [0.3, 0.4) is 0 Å². The maximum atomic E-state index is 12.5. The molecule has 0 aliphatic rings. The van der Waals surface area contributed by atoms with Crippen molar-refractivity contribution in [3.8, 4) is 5.75 Å². The average molecular weight is 299 g/mol. The fourth-order valence-electron chi connectivity index (χ4n) is 1.93. The van der Waals surface area contributed by atoms with Crippen molar-refractivity contribution in [3.63, 3.8) is 0 Å². The smallest absolute Gasteiger partial charge is 0.435 e. The molecule has 0 fully saturated rings. The maximum absolute atomic E-state index is 12.5. The van der Waals surface area contributed by atoms with Gasteiger partial charge >= 0.3 is 6.18 Å². The van der Waals surface area contributed by atoms with Crippen molar-refractivity contribution in [1.82, 2.24) is 15.1 Å². The van der Waals surface area contributed by atoms with Gasteiger partial charge in [0.25, 0.3) is 0 Å². The third-order valence-electron chi connectivity index (χ3n) is 3.04. The number of aryl methyl sites for hydroxylation is 1. The number of nitrogens with one attached hydrogen (secondary N) is 1. The fraction of sp³-hybridized carbons (Fsp3) is 0.357. The first-order chi connectivity index (χ1) is 9.90. The van der Waals surface area contributed by atoms with Gasteiger partial charge in [0.2, 0.25) is 0 Å². The fourth-order valence-corrected chi connectivity index (χ4v) is 1.93. The summed E-state index contributed by atoms with van der Waals surface area (Å²) in [6, 6.07) is 8.54. The van der Waals surface area contributed by atoms with Gasteiger partial charge < -0.3 is 10.1 Å². The molecule has 0 aliphatic heterocycles. The van der Waals surface area contributed by atoms with Gasteiger partial charge in [-0.25, -0.2) is 0 Å². The summed E-state index contributed by atoms with van der Waals surface area (Å²) in [5.74, 6) is 0.745. The van der Waals surface area contributed by atoms with E-state index in [-0.39, 0.29) is 0 Å². The monoisotopic (exact) mass is 299 g/mol. The molecule has 2 rings (SSSR count). The summed E-state index contributed by atoms with van der Waals surface area (Å²) in [4.78, 5) is 0. The molecule has 0 aliphatic carbocycles. The van der Waals surface area contributed by atoms with Gasteiger partial charge in [0.15, 0.2) is 5.69 Å². The molecule has 1 aromatic carbocycles. The Bertz CT molecular complexity index is 608. The molecule has 1 N–H and O–H groups in total. The van der Waals surface area contributed by atoms with Crippen LogP contribution in [0.25, 0.3) is 0 Å². The molecule has 2 aromatic rings. The highest BCUT2D eigenvalue weighted by Crippen LogP contribution is 2.28. The van der Waals surface area contributed by atoms with Gasteiger partial charge in [-0.05, 0) is 23.8 Å². The molecular weight excluding hydrogens is 283 g/mol. The van der Waals surface area contributed by atoms with Gasteiger partial charge in [-0.3, -0.25) is 4.68 Å². The van der Waals surface area contributed by atoms with Crippen molar-refractivity contribution in [3.05, 3.63) is 47.3 Å². The largest absolute Gasteiger partial charge is 0.497 e. The quantitative estimate of drug-likeness (QED) is 0.922. The summed E-state index contributed by atoms with van der Waals surface area (Å²) < 4.78 is 44.0. The van der Waals surface area contributed by atoms with Crippen LogP contribution in [0.5, 0.6) is 5.75 Å². The minimum atomic E-state index is -4.41. The second-order valence-corrected chi connectivity index (χ2v) is 4.60. The second-order valence-electron chi connectivity index (χ2n) is 4.60. The van der Waals surface area contributed by atoms with Gasteiger partial charge in [-0.2, -0.15) is 18.3 Å². The van der Waals surface area contributed by atoms with Crippen LogP contribution in [0, 0.1) is 0 Å². The highest BCUT2D eigenvalue weighted by Gasteiger charge is 2.34. The molecule has 0 spiro atoms. The van der Waals surface area contributed by atoms with Crippen LogP contribution in [0.2, 0.25) is 0 Å². The molecule has 114 valence electrons.